The van der Waals surface area contributed by atoms with Crippen LogP contribution in [0.2, 0.25) is 0 Å². The molecule has 1 aliphatic heterocycles. The summed E-state index contributed by atoms with van der Waals surface area (Å²) < 4.78 is 10.8. The molecule has 23 heavy (non-hydrogen) atoms. The first-order valence-corrected chi connectivity index (χ1v) is 7.82. The Bertz CT molecular complexity index is 645. The van der Waals surface area contributed by atoms with E-state index in [-0.39, 0.29) is 11.9 Å². The van der Waals surface area contributed by atoms with Gasteiger partial charge in [-0.15, -0.1) is 0 Å². The second-order valence-corrected chi connectivity index (χ2v) is 5.63. The van der Waals surface area contributed by atoms with E-state index in [1.54, 1.807) is 6.26 Å². The van der Waals surface area contributed by atoms with Gasteiger partial charge in [0.25, 0.3) is 0 Å². The molecule has 3 rings (SSSR count). The van der Waals surface area contributed by atoms with E-state index >= 15 is 0 Å². The molecular weight excluding hydrogens is 294 g/mol. The Balaban J connectivity index is 1.49. The van der Waals surface area contributed by atoms with Crippen LogP contribution in [-0.4, -0.2) is 43.2 Å². The average molecular weight is 315 g/mol. The van der Waals surface area contributed by atoms with E-state index in [4.69, 9.17) is 9.15 Å². The summed E-state index contributed by atoms with van der Waals surface area (Å²) in [5, 5.41) is 6.02. The van der Waals surface area contributed by atoms with Crippen molar-refractivity contribution >= 4 is 5.91 Å². The molecule has 1 aliphatic rings. The highest BCUT2D eigenvalue weighted by Crippen LogP contribution is 2.19. The molecule has 6 heteroatoms. The van der Waals surface area contributed by atoms with Gasteiger partial charge in [-0.3, -0.25) is 4.79 Å². The van der Waals surface area contributed by atoms with Gasteiger partial charge in [-0.1, -0.05) is 17.7 Å². The maximum atomic E-state index is 11.9. The Hall–Kier alpha value is -2.18. The predicted molar refractivity (Wildman–Crippen MR) is 86.0 cm³/mol. The molecule has 1 aromatic carbocycles. The Labute approximate surface area is 135 Å². The number of carbonyl (C=O) groups is 1. The Morgan fingerprint density at radius 3 is 2.96 bits per heavy atom. The standard InChI is InChI=1S/C17H21N3O3/c1-12-2-4-13(5-3-12)17-20-14(10-23-17)6-7-19-16(21)15-11-22-9-8-18-15/h2-5,10,15,18H,6-9,11H2,1H3,(H,19,21). The highest BCUT2D eigenvalue weighted by Gasteiger charge is 2.20. The summed E-state index contributed by atoms with van der Waals surface area (Å²) in [6.07, 6.45) is 2.28. The topological polar surface area (TPSA) is 76.4 Å². The summed E-state index contributed by atoms with van der Waals surface area (Å²) in [4.78, 5) is 16.4. The van der Waals surface area contributed by atoms with Crippen molar-refractivity contribution in [1.29, 1.82) is 0 Å². The predicted octanol–water partition coefficient (Wildman–Crippen LogP) is 1.30. The van der Waals surface area contributed by atoms with Gasteiger partial charge < -0.3 is 19.8 Å². The van der Waals surface area contributed by atoms with Crippen molar-refractivity contribution in [2.24, 2.45) is 0 Å². The zero-order chi connectivity index (χ0) is 16.1. The zero-order valence-electron chi connectivity index (χ0n) is 13.2. The van der Waals surface area contributed by atoms with Gasteiger partial charge in [0.1, 0.15) is 12.3 Å². The molecule has 1 amide bonds. The van der Waals surface area contributed by atoms with Crippen molar-refractivity contribution in [3.63, 3.8) is 0 Å². The van der Waals surface area contributed by atoms with Crippen LogP contribution in [0.1, 0.15) is 11.3 Å². The van der Waals surface area contributed by atoms with Crippen LogP contribution in [0.4, 0.5) is 0 Å². The quantitative estimate of drug-likeness (QED) is 0.870. The highest BCUT2D eigenvalue weighted by atomic mass is 16.5. The number of rotatable bonds is 5. The molecule has 6 nitrogen and oxygen atoms in total. The van der Waals surface area contributed by atoms with Crippen molar-refractivity contribution in [1.82, 2.24) is 15.6 Å². The second kappa shape index (κ2) is 7.39. The first-order chi connectivity index (χ1) is 11.2. The van der Waals surface area contributed by atoms with Gasteiger partial charge in [-0.25, -0.2) is 4.98 Å². The van der Waals surface area contributed by atoms with Gasteiger partial charge in [0.05, 0.1) is 18.9 Å². The second-order valence-electron chi connectivity index (χ2n) is 5.63. The lowest BCUT2D eigenvalue weighted by Gasteiger charge is -2.22. The molecule has 0 saturated carbocycles. The Morgan fingerprint density at radius 1 is 1.39 bits per heavy atom. The molecule has 0 aliphatic carbocycles. The average Bonchev–Trinajstić information content (AvgIpc) is 3.05. The van der Waals surface area contributed by atoms with E-state index in [0.717, 1.165) is 11.3 Å². The van der Waals surface area contributed by atoms with Gasteiger partial charge >= 0.3 is 0 Å². The number of nitrogens with zero attached hydrogens (tertiary/aromatic N) is 1. The summed E-state index contributed by atoms with van der Waals surface area (Å²) in [5.41, 5.74) is 2.98. The fraction of sp³-hybridized carbons (Fsp3) is 0.412. The highest BCUT2D eigenvalue weighted by molar-refractivity contribution is 5.81. The number of nitrogens with one attached hydrogen (secondary N) is 2. The van der Waals surface area contributed by atoms with E-state index in [9.17, 15) is 4.79 Å². The smallest absolute Gasteiger partial charge is 0.239 e. The number of hydrogen-bond donors (Lipinski definition) is 2. The molecule has 122 valence electrons. The van der Waals surface area contributed by atoms with Crippen LogP contribution in [0.25, 0.3) is 11.5 Å². The third-order valence-electron chi connectivity index (χ3n) is 3.77. The van der Waals surface area contributed by atoms with Crippen LogP contribution >= 0.6 is 0 Å². The van der Waals surface area contributed by atoms with Crippen molar-refractivity contribution in [3.8, 4) is 11.5 Å². The minimum Gasteiger partial charge on any atom is -0.444 e. The van der Waals surface area contributed by atoms with Crippen LogP contribution in [-0.2, 0) is 16.0 Å². The van der Waals surface area contributed by atoms with E-state index in [1.807, 2.05) is 31.2 Å². The maximum Gasteiger partial charge on any atom is 0.239 e. The monoisotopic (exact) mass is 315 g/mol. The third-order valence-corrected chi connectivity index (χ3v) is 3.77. The molecule has 1 atom stereocenters. The van der Waals surface area contributed by atoms with Gasteiger partial charge in [0, 0.05) is 25.1 Å². The Kier molecular flexibility index (Phi) is 5.05. The lowest BCUT2D eigenvalue weighted by Crippen LogP contribution is -2.51. The molecule has 0 bridgehead atoms. The third kappa shape index (κ3) is 4.18. The number of oxazole rings is 1. The summed E-state index contributed by atoms with van der Waals surface area (Å²) >= 11 is 0. The van der Waals surface area contributed by atoms with Gasteiger partial charge in [-0.2, -0.15) is 0 Å². The van der Waals surface area contributed by atoms with Crippen molar-refractivity contribution < 1.29 is 13.9 Å². The van der Waals surface area contributed by atoms with Crippen LogP contribution < -0.4 is 10.6 Å². The van der Waals surface area contributed by atoms with Gasteiger partial charge in [0.15, 0.2) is 0 Å². The van der Waals surface area contributed by atoms with Gasteiger partial charge in [-0.05, 0) is 19.1 Å². The fourth-order valence-electron chi connectivity index (χ4n) is 2.42. The molecule has 1 fully saturated rings. The number of amides is 1. The summed E-state index contributed by atoms with van der Waals surface area (Å²) in [6, 6.07) is 7.77. The molecule has 1 saturated heterocycles. The molecule has 2 heterocycles. The molecule has 1 aromatic heterocycles. The van der Waals surface area contributed by atoms with Crippen molar-refractivity contribution in [2.75, 3.05) is 26.3 Å². The molecule has 2 aromatic rings. The molecule has 0 spiro atoms. The van der Waals surface area contributed by atoms with E-state index < -0.39 is 0 Å². The van der Waals surface area contributed by atoms with E-state index in [0.29, 0.717) is 38.6 Å². The maximum absolute atomic E-state index is 11.9. The summed E-state index contributed by atoms with van der Waals surface area (Å²) in [5.74, 6) is 0.570. The lowest BCUT2D eigenvalue weighted by molar-refractivity contribution is -0.125. The summed E-state index contributed by atoms with van der Waals surface area (Å²) in [7, 11) is 0. The number of aryl methyl sites for hydroxylation is 1. The first kappa shape index (κ1) is 15.7. The number of aromatic nitrogens is 1. The van der Waals surface area contributed by atoms with Crippen LogP contribution in [0.5, 0.6) is 0 Å². The fourth-order valence-corrected chi connectivity index (χ4v) is 2.42. The number of hydrogen-bond acceptors (Lipinski definition) is 5. The van der Waals surface area contributed by atoms with Crippen LogP contribution in [0.3, 0.4) is 0 Å². The summed E-state index contributed by atoms with van der Waals surface area (Å²) in [6.45, 7) is 4.36. The zero-order valence-corrected chi connectivity index (χ0v) is 13.2. The Morgan fingerprint density at radius 2 is 2.22 bits per heavy atom. The molecule has 1 unspecified atom stereocenters. The van der Waals surface area contributed by atoms with Gasteiger partial charge in [0.2, 0.25) is 11.8 Å². The molecule has 2 N–H and O–H groups in total. The van der Waals surface area contributed by atoms with Crippen molar-refractivity contribution in [2.45, 2.75) is 19.4 Å². The van der Waals surface area contributed by atoms with E-state index in [1.165, 1.54) is 5.56 Å². The minimum absolute atomic E-state index is 0.0352. The van der Waals surface area contributed by atoms with E-state index in [2.05, 4.69) is 15.6 Å². The van der Waals surface area contributed by atoms with Crippen LogP contribution in [0.15, 0.2) is 34.9 Å². The van der Waals surface area contributed by atoms with Crippen LogP contribution in [0, 0.1) is 6.92 Å². The number of benzene rings is 1. The number of morpholine rings is 1. The number of ether oxygens (including phenoxy) is 1. The lowest BCUT2D eigenvalue weighted by atomic mass is 10.1. The van der Waals surface area contributed by atoms with Crippen molar-refractivity contribution in [3.05, 3.63) is 41.8 Å². The SMILES string of the molecule is Cc1ccc(-c2nc(CCNC(=O)C3COCCN3)co2)cc1. The normalized spacial score (nSPS) is 17.9. The number of carbonyl (C=O) groups excluding carboxylic acids is 1. The largest absolute Gasteiger partial charge is 0.444 e. The minimum atomic E-state index is -0.260. The molecule has 0 radical (unpaired) electrons. The first-order valence-electron chi connectivity index (χ1n) is 7.82. The molecular formula is C17H21N3O3.